The standard InChI is InChI=1S/C17H25N5O3/c1-14-19-16(20-25-14)17(7-12-24-2)6-3-9-21(13-17)15(23)5-11-22-10-4-8-18-22/h4,8,10H,3,5-7,9,11-13H2,1-2H3. The third-order valence-corrected chi connectivity index (χ3v) is 4.83. The molecule has 3 heterocycles. The Hall–Kier alpha value is -2.22. The van der Waals surface area contributed by atoms with Crippen molar-refractivity contribution in [3.05, 3.63) is 30.2 Å². The highest BCUT2D eigenvalue weighted by Gasteiger charge is 2.41. The highest BCUT2D eigenvalue weighted by atomic mass is 16.5. The van der Waals surface area contributed by atoms with E-state index < -0.39 is 0 Å². The van der Waals surface area contributed by atoms with Gasteiger partial charge in [-0.1, -0.05) is 5.16 Å². The van der Waals surface area contributed by atoms with Crippen molar-refractivity contribution in [2.75, 3.05) is 26.8 Å². The van der Waals surface area contributed by atoms with Crippen LogP contribution in [0.25, 0.3) is 0 Å². The van der Waals surface area contributed by atoms with Gasteiger partial charge in [-0.25, -0.2) is 0 Å². The van der Waals surface area contributed by atoms with E-state index in [9.17, 15) is 4.79 Å². The van der Waals surface area contributed by atoms with Gasteiger partial charge in [0.2, 0.25) is 11.8 Å². The third kappa shape index (κ3) is 4.07. The number of carbonyl (C=O) groups excluding carboxylic acids is 1. The number of likely N-dealkylation sites (tertiary alicyclic amines) is 1. The van der Waals surface area contributed by atoms with Crippen LogP contribution in [0.5, 0.6) is 0 Å². The fourth-order valence-electron chi connectivity index (χ4n) is 3.46. The Kier molecular flexibility index (Phi) is 5.47. The predicted octanol–water partition coefficient (Wildman–Crippen LogP) is 1.56. The number of piperidine rings is 1. The van der Waals surface area contributed by atoms with E-state index in [2.05, 4.69) is 15.2 Å². The van der Waals surface area contributed by atoms with Crippen molar-refractivity contribution in [1.29, 1.82) is 0 Å². The fourth-order valence-corrected chi connectivity index (χ4v) is 3.46. The van der Waals surface area contributed by atoms with Crippen LogP contribution >= 0.6 is 0 Å². The Bertz CT molecular complexity index is 684. The maximum atomic E-state index is 12.7. The highest BCUT2D eigenvalue weighted by Crippen LogP contribution is 2.36. The molecule has 0 radical (unpaired) electrons. The molecule has 0 bridgehead atoms. The Morgan fingerprint density at radius 2 is 2.36 bits per heavy atom. The Morgan fingerprint density at radius 3 is 3.04 bits per heavy atom. The number of carbonyl (C=O) groups is 1. The van der Waals surface area contributed by atoms with Gasteiger partial charge in [-0.2, -0.15) is 10.1 Å². The first-order chi connectivity index (χ1) is 12.1. The highest BCUT2D eigenvalue weighted by molar-refractivity contribution is 5.76. The van der Waals surface area contributed by atoms with Crippen molar-refractivity contribution in [3.63, 3.8) is 0 Å². The van der Waals surface area contributed by atoms with Gasteiger partial charge in [-0.15, -0.1) is 0 Å². The van der Waals surface area contributed by atoms with Crippen LogP contribution in [0.15, 0.2) is 23.0 Å². The van der Waals surface area contributed by atoms with Gasteiger partial charge in [-0.05, 0) is 25.3 Å². The zero-order valence-electron chi connectivity index (χ0n) is 14.8. The number of aryl methyl sites for hydroxylation is 2. The number of amides is 1. The molecular weight excluding hydrogens is 322 g/mol. The molecule has 136 valence electrons. The minimum atomic E-state index is -0.298. The van der Waals surface area contributed by atoms with Crippen molar-refractivity contribution in [3.8, 4) is 0 Å². The first kappa shape index (κ1) is 17.6. The number of ether oxygens (including phenoxy) is 1. The zero-order chi connectivity index (χ0) is 17.7. The van der Waals surface area contributed by atoms with Crippen molar-refractivity contribution < 1.29 is 14.1 Å². The lowest BCUT2D eigenvalue weighted by Crippen LogP contribution is -2.49. The van der Waals surface area contributed by atoms with Crippen LogP contribution in [0, 0.1) is 6.92 Å². The van der Waals surface area contributed by atoms with Crippen molar-refractivity contribution in [2.45, 2.75) is 44.6 Å². The van der Waals surface area contributed by atoms with Crippen LogP contribution < -0.4 is 0 Å². The molecule has 1 aliphatic rings. The quantitative estimate of drug-likeness (QED) is 0.755. The van der Waals surface area contributed by atoms with Crippen LogP contribution in [0.4, 0.5) is 0 Å². The lowest BCUT2D eigenvalue weighted by Gasteiger charge is -2.41. The van der Waals surface area contributed by atoms with Crippen LogP contribution in [0.2, 0.25) is 0 Å². The van der Waals surface area contributed by atoms with Crippen LogP contribution in [-0.4, -0.2) is 57.5 Å². The van der Waals surface area contributed by atoms with E-state index in [4.69, 9.17) is 9.26 Å². The average Bonchev–Trinajstić information content (AvgIpc) is 3.30. The van der Waals surface area contributed by atoms with E-state index in [-0.39, 0.29) is 11.3 Å². The largest absolute Gasteiger partial charge is 0.385 e. The van der Waals surface area contributed by atoms with Gasteiger partial charge in [0.1, 0.15) is 0 Å². The van der Waals surface area contributed by atoms with Gasteiger partial charge in [0.25, 0.3) is 0 Å². The van der Waals surface area contributed by atoms with Crippen LogP contribution in [0.3, 0.4) is 0 Å². The lowest BCUT2D eigenvalue weighted by molar-refractivity contribution is -0.134. The lowest BCUT2D eigenvalue weighted by atomic mass is 9.76. The normalized spacial score (nSPS) is 20.8. The number of nitrogens with zero attached hydrogens (tertiary/aromatic N) is 5. The van der Waals surface area contributed by atoms with Crippen molar-refractivity contribution in [2.24, 2.45) is 0 Å². The first-order valence-corrected chi connectivity index (χ1v) is 8.68. The molecule has 1 atom stereocenters. The number of aromatic nitrogens is 4. The monoisotopic (exact) mass is 347 g/mol. The molecule has 3 rings (SSSR count). The number of hydrogen-bond donors (Lipinski definition) is 0. The minimum Gasteiger partial charge on any atom is -0.385 e. The summed E-state index contributed by atoms with van der Waals surface area (Å²) in [5.41, 5.74) is -0.298. The molecule has 1 fully saturated rings. The van der Waals surface area contributed by atoms with E-state index in [1.807, 2.05) is 17.2 Å². The van der Waals surface area contributed by atoms with Gasteiger partial charge >= 0.3 is 0 Å². The molecule has 2 aromatic rings. The molecule has 0 saturated carbocycles. The van der Waals surface area contributed by atoms with Crippen molar-refractivity contribution in [1.82, 2.24) is 24.8 Å². The number of methoxy groups -OCH3 is 1. The van der Waals surface area contributed by atoms with Gasteiger partial charge in [0.05, 0.1) is 5.41 Å². The maximum absolute atomic E-state index is 12.7. The molecule has 25 heavy (non-hydrogen) atoms. The minimum absolute atomic E-state index is 0.136. The van der Waals surface area contributed by atoms with Crippen LogP contribution in [-0.2, 0) is 21.5 Å². The predicted molar refractivity (Wildman–Crippen MR) is 89.9 cm³/mol. The van der Waals surface area contributed by atoms with E-state index in [0.717, 1.165) is 25.8 Å². The second kappa shape index (κ2) is 7.77. The van der Waals surface area contributed by atoms with Gasteiger partial charge in [0, 0.05) is 59.1 Å². The summed E-state index contributed by atoms with van der Waals surface area (Å²) >= 11 is 0. The SMILES string of the molecule is COCCC1(c2noc(C)n2)CCCN(C(=O)CCn2cccn2)C1. The summed E-state index contributed by atoms with van der Waals surface area (Å²) in [6, 6.07) is 1.86. The summed E-state index contributed by atoms with van der Waals surface area (Å²) in [5.74, 6) is 1.37. The molecular formula is C17H25N5O3. The Balaban J connectivity index is 1.70. The molecule has 8 nitrogen and oxygen atoms in total. The second-order valence-corrected chi connectivity index (χ2v) is 6.60. The van der Waals surface area contributed by atoms with E-state index >= 15 is 0 Å². The average molecular weight is 347 g/mol. The second-order valence-electron chi connectivity index (χ2n) is 6.60. The summed E-state index contributed by atoms with van der Waals surface area (Å²) in [6.07, 6.45) is 6.65. The molecule has 0 N–H and O–H groups in total. The summed E-state index contributed by atoms with van der Waals surface area (Å²) in [4.78, 5) is 19.1. The Labute approximate surface area is 147 Å². The number of hydrogen-bond acceptors (Lipinski definition) is 6. The first-order valence-electron chi connectivity index (χ1n) is 8.68. The number of rotatable bonds is 7. The molecule has 1 unspecified atom stereocenters. The summed E-state index contributed by atoms with van der Waals surface area (Å²) in [7, 11) is 1.69. The van der Waals surface area contributed by atoms with E-state index in [0.29, 0.717) is 37.8 Å². The molecule has 0 aliphatic carbocycles. The van der Waals surface area contributed by atoms with Crippen molar-refractivity contribution >= 4 is 5.91 Å². The van der Waals surface area contributed by atoms with E-state index in [1.165, 1.54) is 0 Å². The summed E-state index contributed by atoms with van der Waals surface area (Å²) < 4.78 is 12.3. The molecule has 8 heteroatoms. The Morgan fingerprint density at radius 1 is 1.48 bits per heavy atom. The van der Waals surface area contributed by atoms with Gasteiger partial charge in [-0.3, -0.25) is 9.48 Å². The zero-order valence-corrected chi connectivity index (χ0v) is 14.8. The topological polar surface area (TPSA) is 86.3 Å². The molecule has 1 saturated heterocycles. The van der Waals surface area contributed by atoms with E-state index in [1.54, 1.807) is 24.9 Å². The maximum Gasteiger partial charge on any atom is 0.224 e. The molecule has 1 amide bonds. The fraction of sp³-hybridized carbons (Fsp3) is 0.647. The summed E-state index contributed by atoms with van der Waals surface area (Å²) in [5, 5.41) is 8.30. The molecule has 2 aromatic heterocycles. The molecule has 0 spiro atoms. The van der Waals surface area contributed by atoms with Gasteiger partial charge in [0.15, 0.2) is 5.82 Å². The van der Waals surface area contributed by atoms with Crippen LogP contribution in [0.1, 0.15) is 37.4 Å². The smallest absolute Gasteiger partial charge is 0.224 e. The van der Waals surface area contributed by atoms with Gasteiger partial charge < -0.3 is 14.2 Å². The molecule has 1 aliphatic heterocycles. The third-order valence-electron chi connectivity index (χ3n) is 4.83. The summed E-state index contributed by atoms with van der Waals surface area (Å²) in [6.45, 7) is 4.35. The molecule has 0 aromatic carbocycles.